The highest BCUT2D eigenvalue weighted by molar-refractivity contribution is 5.10. The standard InChI is InChI=1S/C11H17N3/c12-11(4-5-11)9-14-8-3-10-1-6-13-7-2-10/h1-2,6-7,14H,3-5,8-9,12H2. The van der Waals surface area contributed by atoms with Gasteiger partial charge in [-0.3, -0.25) is 4.98 Å². The Balaban J connectivity index is 1.63. The van der Waals surface area contributed by atoms with Crippen LogP contribution in [0, 0.1) is 0 Å². The van der Waals surface area contributed by atoms with E-state index >= 15 is 0 Å². The number of aromatic nitrogens is 1. The smallest absolute Gasteiger partial charge is 0.0282 e. The van der Waals surface area contributed by atoms with Gasteiger partial charge in [-0.25, -0.2) is 0 Å². The van der Waals surface area contributed by atoms with Gasteiger partial charge in [-0.05, 0) is 43.5 Å². The second-order valence-electron chi connectivity index (χ2n) is 4.14. The van der Waals surface area contributed by atoms with Crippen molar-refractivity contribution in [1.82, 2.24) is 10.3 Å². The van der Waals surface area contributed by atoms with E-state index in [4.69, 9.17) is 5.73 Å². The Hall–Kier alpha value is -0.930. The Bertz CT molecular complexity index is 280. The van der Waals surface area contributed by atoms with E-state index in [9.17, 15) is 0 Å². The highest BCUT2D eigenvalue weighted by atomic mass is 15.0. The average molecular weight is 191 g/mol. The van der Waals surface area contributed by atoms with Crippen molar-refractivity contribution in [3.63, 3.8) is 0 Å². The van der Waals surface area contributed by atoms with Gasteiger partial charge >= 0.3 is 0 Å². The van der Waals surface area contributed by atoms with Gasteiger partial charge in [0.25, 0.3) is 0 Å². The summed E-state index contributed by atoms with van der Waals surface area (Å²) in [6.07, 6.45) is 7.07. The molecule has 0 amide bonds. The third-order valence-electron chi connectivity index (χ3n) is 2.71. The minimum atomic E-state index is 0.123. The fourth-order valence-corrected chi connectivity index (χ4v) is 1.46. The molecule has 0 bridgehead atoms. The highest BCUT2D eigenvalue weighted by Gasteiger charge is 2.37. The van der Waals surface area contributed by atoms with Crippen LogP contribution in [0.2, 0.25) is 0 Å². The maximum atomic E-state index is 5.95. The molecular weight excluding hydrogens is 174 g/mol. The van der Waals surface area contributed by atoms with Crippen LogP contribution in [-0.4, -0.2) is 23.6 Å². The lowest BCUT2D eigenvalue weighted by Crippen LogP contribution is -2.36. The van der Waals surface area contributed by atoms with E-state index in [1.165, 1.54) is 18.4 Å². The number of nitrogens with zero attached hydrogens (tertiary/aromatic N) is 1. The molecule has 1 aliphatic rings. The maximum Gasteiger partial charge on any atom is 0.0282 e. The van der Waals surface area contributed by atoms with Crippen LogP contribution < -0.4 is 11.1 Å². The zero-order valence-corrected chi connectivity index (χ0v) is 8.37. The molecule has 3 N–H and O–H groups in total. The van der Waals surface area contributed by atoms with Gasteiger partial charge in [0, 0.05) is 24.5 Å². The molecule has 1 aromatic heterocycles. The molecule has 3 heteroatoms. The molecule has 0 atom stereocenters. The maximum absolute atomic E-state index is 5.95. The lowest BCUT2D eigenvalue weighted by molar-refractivity contribution is 0.570. The normalized spacial score (nSPS) is 18.1. The van der Waals surface area contributed by atoms with E-state index in [1.54, 1.807) is 0 Å². The first-order chi connectivity index (χ1) is 6.79. The fourth-order valence-electron chi connectivity index (χ4n) is 1.46. The van der Waals surface area contributed by atoms with Crippen LogP contribution in [-0.2, 0) is 6.42 Å². The van der Waals surface area contributed by atoms with Gasteiger partial charge in [0.05, 0.1) is 0 Å². The quantitative estimate of drug-likeness (QED) is 0.674. The van der Waals surface area contributed by atoms with E-state index in [1.807, 2.05) is 12.4 Å². The lowest BCUT2D eigenvalue weighted by Gasteiger charge is -2.09. The molecule has 0 aromatic carbocycles. The summed E-state index contributed by atoms with van der Waals surface area (Å²) in [7, 11) is 0. The predicted octanol–water partition coefficient (Wildman–Crippen LogP) is 0.705. The summed E-state index contributed by atoms with van der Waals surface area (Å²) in [4.78, 5) is 3.98. The summed E-state index contributed by atoms with van der Waals surface area (Å²) >= 11 is 0. The molecule has 2 rings (SSSR count). The van der Waals surface area contributed by atoms with Gasteiger partial charge in [-0.1, -0.05) is 0 Å². The number of pyridine rings is 1. The van der Waals surface area contributed by atoms with Crippen molar-refractivity contribution in [2.24, 2.45) is 5.73 Å². The summed E-state index contributed by atoms with van der Waals surface area (Å²) in [5, 5.41) is 3.39. The number of nitrogens with two attached hydrogens (primary N) is 1. The average Bonchev–Trinajstić information content (AvgIpc) is 2.94. The molecule has 14 heavy (non-hydrogen) atoms. The van der Waals surface area contributed by atoms with Gasteiger partial charge in [0.1, 0.15) is 0 Å². The van der Waals surface area contributed by atoms with E-state index in [-0.39, 0.29) is 5.54 Å². The molecule has 3 nitrogen and oxygen atoms in total. The Morgan fingerprint density at radius 2 is 2.07 bits per heavy atom. The molecule has 1 aromatic rings. The first-order valence-corrected chi connectivity index (χ1v) is 5.17. The van der Waals surface area contributed by atoms with Gasteiger partial charge in [-0.2, -0.15) is 0 Å². The van der Waals surface area contributed by atoms with Crippen LogP contribution in [0.25, 0.3) is 0 Å². The number of rotatable bonds is 5. The molecule has 0 saturated heterocycles. The molecule has 0 radical (unpaired) electrons. The Morgan fingerprint density at radius 3 is 2.71 bits per heavy atom. The molecule has 1 heterocycles. The third-order valence-corrected chi connectivity index (χ3v) is 2.71. The molecular formula is C11H17N3. The minimum Gasteiger partial charge on any atom is -0.324 e. The van der Waals surface area contributed by atoms with Crippen LogP contribution >= 0.6 is 0 Å². The molecule has 0 aliphatic heterocycles. The largest absolute Gasteiger partial charge is 0.324 e. The Labute approximate surface area is 84.7 Å². The summed E-state index contributed by atoms with van der Waals surface area (Å²) < 4.78 is 0. The van der Waals surface area contributed by atoms with Crippen LogP contribution in [0.15, 0.2) is 24.5 Å². The van der Waals surface area contributed by atoms with Crippen LogP contribution in [0.3, 0.4) is 0 Å². The molecule has 1 aliphatic carbocycles. The van der Waals surface area contributed by atoms with Crippen molar-refractivity contribution in [3.05, 3.63) is 30.1 Å². The summed E-state index contributed by atoms with van der Waals surface area (Å²) in [6.45, 7) is 1.96. The van der Waals surface area contributed by atoms with Crippen LogP contribution in [0.1, 0.15) is 18.4 Å². The van der Waals surface area contributed by atoms with Crippen LogP contribution in [0.4, 0.5) is 0 Å². The summed E-state index contributed by atoms with van der Waals surface area (Å²) in [6, 6.07) is 4.11. The number of nitrogens with one attached hydrogen (secondary N) is 1. The highest BCUT2D eigenvalue weighted by Crippen LogP contribution is 2.30. The van der Waals surface area contributed by atoms with Gasteiger partial charge in [0.2, 0.25) is 0 Å². The second-order valence-corrected chi connectivity index (χ2v) is 4.14. The number of hydrogen-bond donors (Lipinski definition) is 2. The van der Waals surface area contributed by atoms with Gasteiger partial charge in [-0.15, -0.1) is 0 Å². The van der Waals surface area contributed by atoms with Gasteiger partial charge < -0.3 is 11.1 Å². The van der Waals surface area contributed by atoms with E-state index in [2.05, 4.69) is 22.4 Å². The van der Waals surface area contributed by atoms with Crippen LogP contribution in [0.5, 0.6) is 0 Å². The van der Waals surface area contributed by atoms with Crippen molar-refractivity contribution in [2.75, 3.05) is 13.1 Å². The SMILES string of the molecule is NC1(CNCCc2ccncc2)CC1. The van der Waals surface area contributed by atoms with E-state index in [0.717, 1.165) is 19.5 Å². The van der Waals surface area contributed by atoms with Gasteiger partial charge in [0.15, 0.2) is 0 Å². The predicted molar refractivity (Wildman–Crippen MR) is 57.0 cm³/mol. The third kappa shape index (κ3) is 2.79. The van der Waals surface area contributed by atoms with E-state index in [0.29, 0.717) is 0 Å². The molecule has 76 valence electrons. The number of hydrogen-bond acceptors (Lipinski definition) is 3. The zero-order chi connectivity index (χ0) is 9.86. The molecule has 0 spiro atoms. The van der Waals surface area contributed by atoms with Crippen molar-refractivity contribution in [2.45, 2.75) is 24.8 Å². The molecule has 0 unspecified atom stereocenters. The molecule has 1 saturated carbocycles. The van der Waals surface area contributed by atoms with Crippen molar-refractivity contribution >= 4 is 0 Å². The monoisotopic (exact) mass is 191 g/mol. The Kier molecular flexibility index (Phi) is 2.79. The van der Waals surface area contributed by atoms with Crippen molar-refractivity contribution in [1.29, 1.82) is 0 Å². The fraction of sp³-hybridized carbons (Fsp3) is 0.545. The second kappa shape index (κ2) is 4.07. The minimum absolute atomic E-state index is 0.123. The van der Waals surface area contributed by atoms with Crippen molar-refractivity contribution in [3.8, 4) is 0 Å². The Morgan fingerprint density at radius 1 is 1.36 bits per heavy atom. The van der Waals surface area contributed by atoms with Crippen molar-refractivity contribution < 1.29 is 0 Å². The first-order valence-electron chi connectivity index (χ1n) is 5.17. The van der Waals surface area contributed by atoms with E-state index < -0.39 is 0 Å². The zero-order valence-electron chi connectivity index (χ0n) is 8.37. The summed E-state index contributed by atoms with van der Waals surface area (Å²) in [5.41, 5.74) is 7.40. The lowest BCUT2D eigenvalue weighted by atomic mass is 10.2. The summed E-state index contributed by atoms with van der Waals surface area (Å²) in [5.74, 6) is 0. The topological polar surface area (TPSA) is 50.9 Å². The molecule has 1 fully saturated rings. The first kappa shape index (κ1) is 9.62.